The first-order valence-corrected chi connectivity index (χ1v) is 9.16. The van der Waals surface area contributed by atoms with E-state index in [0.29, 0.717) is 19.6 Å². The third kappa shape index (κ3) is 3.74. The van der Waals surface area contributed by atoms with Crippen LogP contribution in [-0.2, 0) is 6.54 Å². The Hall–Kier alpha value is -3.02. The van der Waals surface area contributed by atoms with Gasteiger partial charge in [-0.2, -0.15) is 0 Å². The number of amides is 1. The summed E-state index contributed by atoms with van der Waals surface area (Å²) in [6.45, 7) is 1.89. The van der Waals surface area contributed by atoms with Gasteiger partial charge in [-0.1, -0.05) is 18.2 Å². The number of pyridine rings is 1. The molecule has 3 aromatic rings. The van der Waals surface area contributed by atoms with Gasteiger partial charge in [0.25, 0.3) is 5.91 Å². The van der Waals surface area contributed by atoms with Gasteiger partial charge in [0.2, 0.25) is 0 Å². The molecule has 1 saturated heterocycles. The van der Waals surface area contributed by atoms with Crippen LogP contribution in [0.2, 0.25) is 0 Å². The van der Waals surface area contributed by atoms with E-state index >= 15 is 0 Å². The Morgan fingerprint density at radius 3 is 2.89 bits per heavy atom. The van der Waals surface area contributed by atoms with Crippen LogP contribution in [0, 0.1) is 5.82 Å². The number of benzene rings is 1. The van der Waals surface area contributed by atoms with Crippen molar-refractivity contribution in [2.75, 3.05) is 13.1 Å². The van der Waals surface area contributed by atoms with Crippen molar-refractivity contribution in [3.05, 3.63) is 84.0 Å². The van der Waals surface area contributed by atoms with Gasteiger partial charge in [-0.15, -0.1) is 0 Å². The zero-order valence-corrected chi connectivity index (χ0v) is 15.0. The lowest BCUT2D eigenvalue weighted by molar-refractivity contribution is 0.0698. The molecule has 0 saturated carbocycles. The van der Waals surface area contributed by atoms with Gasteiger partial charge in [0, 0.05) is 43.8 Å². The first-order chi connectivity index (χ1) is 13.2. The second kappa shape index (κ2) is 7.70. The highest BCUT2D eigenvalue weighted by Crippen LogP contribution is 2.27. The first-order valence-electron chi connectivity index (χ1n) is 9.16. The van der Waals surface area contributed by atoms with Crippen LogP contribution in [0.4, 0.5) is 4.39 Å². The van der Waals surface area contributed by atoms with E-state index in [0.717, 1.165) is 24.2 Å². The van der Waals surface area contributed by atoms with Crippen LogP contribution in [0.3, 0.4) is 0 Å². The van der Waals surface area contributed by atoms with Gasteiger partial charge in [0.15, 0.2) is 0 Å². The molecule has 0 radical (unpaired) electrons. The second-order valence-electron chi connectivity index (χ2n) is 6.84. The van der Waals surface area contributed by atoms with Crippen LogP contribution in [0.1, 0.15) is 40.5 Å². The summed E-state index contributed by atoms with van der Waals surface area (Å²) in [6.07, 6.45) is 9.20. The normalized spacial score (nSPS) is 17.1. The zero-order valence-electron chi connectivity index (χ0n) is 15.0. The van der Waals surface area contributed by atoms with E-state index in [1.807, 2.05) is 24.5 Å². The van der Waals surface area contributed by atoms with Crippen molar-refractivity contribution < 1.29 is 9.18 Å². The largest absolute Gasteiger partial charge is 0.338 e. The summed E-state index contributed by atoms with van der Waals surface area (Å²) >= 11 is 0. The van der Waals surface area contributed by atoms with Gasteiger partial charge in [0.05, 0.1) is 12.1 Å². The van der Waals surface area contributed by atoms with Gasteiger partial charge in [-0.25, -0.2) is 9.37 Å². The molecule has 0 unspecified atom stereocenters. The second-order valence-corrected chi connectivity index (χ2v) is 6.84. The Labute approximate surface area is 157 Å². The molecule has 2 aromatic heterocycles. The minimum atomic E-state index is -0.470. The molecule has 0 N–H and O–H groups in total. The van der Waals surface area contributed by atoms with Gasteiger partial charge >= 0.3 is 0 Å². The van der Waals surface area contributed by atoms with Crippen molar-refractivity contribution >= 4 is 5.91 Å². The number of halogens is 1. The van der Waals surface area contributed by atoms with E-state index in [-0.39, 0.29) is 17.4 Å². The van der Waals surface area contributed by atoms with Crippen LogP contribution < -0.4 is 0 Å². The Balaban J connectivity index is 1.52. The average molecular weight is 364 g/mol. The quantitative estimate of drug-likeness (QED) is 0.712. The molecule has 1 aliphatic heterocycles. The fraction of sp³-hybridized carbons (Fsp3) is 0.286. The molecule has 1 fully saturated rings. The number of piperidine rings is 1. The lowest BCUT2D eigenvalue weighted by Gasteiger charge is -2.33. The SMILES string of the molecule is O=C(c1ccccc1F)N1CCC[C@@H](c2nccn2Cc2cccnc2)C1. The number of carbonyl (C=O) groups is 1. The average Bonchev–Trinajstić information content (AvgIpc) is 3.17. The van der Waals surface area contributed by atoms with Gasteiger partial charge in [-0.3, -0.25) is 9.78 Å². The Bertz CT molecular complexity index is 925. The lowest BCUT2D eigenvalue weighted by Crippen LogP contribution is -2.40. The molecule has 5 nitrogen and oxygen atoms in total. The maximum Gasteiger partial charge on any atom is 0.256 e. The van der Waals surface area contributed by atoms with Crippen molar-refractivity contribution in [2.24, 2.45) is 0 Å². The molecule has 1 amide bonds. The molecule has 27 heavy (non-hydrogen) atoms. The predicted octanol–water partition coefficient (Wildman–Crippen LogP) is 3.49. The van der Waals surface area contributed by atoms with E-state index in [4.69, 9.17) is 0 Å². The summed E-state index contributed by atoms with van der Waals surface area (Å²) in [6, 6.07) is 10.1. The highest BCUT2D eigenvalue weighted by Gasteiger charge is 2.29. The van der Waals surface area contributed by atoms with Gasteiger partial charge in [0.1, 0.15) is 11.6 Å². The molecule has 0 bridgehead atoms. The van der Waals surface area contributed by atoms with Crippen LogP contribution >= 0.6 is 0 Å². The molecular formula is C21H21FN4O. The zero-order chi connectivity index (χ0) is 18.6. The highest BCUT2D eigenvalue weighted by molar-refractivity contribution is 5.94. The number of likely N-dealkylation sites (tertiary alicyclic amines) is 1. The van der Waals surface area contributed by atoms with Gasteiger partial charge < -0.3 is 9.47 Å². The molecule has 4 rings (SSSR count). The van der Waals surface area contributed by atoms with Gasteiger partial charge in [-0.05, 0) is 36.6 Å². The standard InChI is InChI=1S/C21H21FN4O/c22-19-8-2-1-7-18(19)21(27)26-11-4-6-17(15-26)20-24-10-12-25(20)14-16-5-3-9-23-13-16/h1-3,5,7-10,12-13,17H,4,6,11,14-15H2/t17-/m1/s1. The summed E-state index contributed by atoms with van der Waals surface area (Å²) < 4.78 is 16.1. The minimum Gasteiger partial charge on any atom is -0.338 e. The molecule has 6 heteroatoms. The topological polar surface area (TPSA) is 51.0 Å². The first kappa shape index (κ1) is 17.4. The Morgan fingerprint density at radius 2 is 2.07 bits per heavy atom. The summed E-state index contributed by atoms with van der Waals surface area (Å²) in [4.78, 5) is 23.2. The fourth-order valence-corrected chi connectivity index (χ4v) is 3.68. The van der Waals surface area contributed by atoms with Crippen LogP contribution in [0.15, 0.2) is 61.2 Å². The van der Waals surface area contributed by atoms with E-state index in [1.165, 1.54) is 6.07 Å². The molecule has 138 valence electrons. The van der Waals surface area contributed by atoms with Crippen molar-refractivity contribution in [3.63, 3.8) is 0 Å². The number of imidazole rings is 1. The summed E-state index contributed by atoms with van der Waals surface area (Å²) in [5, 5.41) is 0. The fourth-order valence-electron chi connectivity index (χ4n) is 3.68. The highest BCUT2D eigenvalue weighted by atomic mass is 19.1. The van der Waals surface area contributed by atoms with E-state index < -0.39 is 5.82 Å². The monoisotopic (exact) mass is 364 g/mol. The summed E-state index contributed by atoms with van der Waals surface area (Å²) in [7, 11) is 0. The number of hydrogen-bond donors (Lipinski definition) is 0. The maximum atomic E-state index is 14.0. The Kier molecular flexibility index (Phi) is 4.96. The van der Waals surface area contributed by atoms with Crippen molar-refractivity contribution in [2.45, 2.75) is 25.3 Å². The molecule has 1 aliphatic rings. The van der Waals surface area contributed by atoms with E-state index in [1.54, 1.807) is 35.5 Å². The number of hydrogen-bond acceptors (Lipinski definition) is 3. The molecule has 1 aromatic carbocycles. The number of rotatable bonds is 4. The molecule has 1 atom stereocenters. The van der Waals surface area contributed by atoms with E-state index in [9.17, 15) is 9.18 Å². The number of aromatic nitrogens is 3. The third-order valence-electron chi connectivity index (χ3n) is 5.00. The number of carbonyl (C=O) groups excluding carboxylic acids is 1. The van der Waals surface area contributed by atoms with Crippen molar-refractivity contribution in [1.82, 2.24) is 19.4 Å². The maximum absolute atomic E-state index is 14.0. The summed E-state index contributed by atoms with van der Waals surface area (Å²) in [5.74, 6) is 0.386. The molecule has 0 spiro atoms. The smallest absolute Gasteiger partial charge is 0.256 e. The van der Waals surface area contributed by atoms with E-state index in [2.05, 4.69) is 14.5 Å². The predicted molar refractivity (Wildman–Crippen MR) is 99.8 cm³/mol. The Morgan fingerprint density at radius 1 is 1.19 bits per heavy atom. The molecular weight excluding hydrogens is 343 g/mol. The number of nitrogens with zero attached hydrogens (tertiary/aromatic N) is 4. The van der Waals surface area contributed by atoms with Crippen molar-refractivity contribution in [3.8, 4) is 0 Å². The summed E-state index contributed by atoms with van der Waals surface area (Å²) in [5.41, 5.74) is 1.24. The molecule has 0 aliphatic carbocycles. The lowest BCUT2D eigenvalue weighted by atomic mass is 9.96. The van der Waals surface area contributed by atoms with Crippen molar-refractivity contribution in [1.29, 1.82) is 0 Å². The van der Waals surface area contributed by atoms with Crippen LogP contribution in [0.5, 0.6) is 0 Å². The third-order valence-corrected chi connectivity index (χ3v) is 5.00. The van der Waals surface area contributed by atoms with Crippen LogP contribution in [0.25, 0.3) is 0 Å². The minimum absolute atomic E-state index is 0.136. The molecule has 3 heterocycles. The van der Waals surface area contributed by atoms with Crippen LogP contribution in [-0.4, -0.2) is 38.4 Å².